The Morgan fingerprint density at radius 3 is 2.71 bits per heavy atom. The van der Waals surface area contributed by atoms with Gasteiger partial charge in [-0.1, -0.05) is 20.8 Å². The normalized spacial score (nSPS) is 13.9. The van der Waals surface area contributed by atoms with Crippen LogP contribution in [0.4, 0.5) is 0 Å². The maximum Gasteiger partial charge on any atom is 0.107 e. The van der Waals surface area contributed by atoms with E-state index in [9.17, 15) is 0 Å². The quantitative estimate of drug-likeness (QED) is 0.628. The molecule has 4 heteroatoms. The molecule has 1 rings (SSSR count). The van der Waals surface area contributed by atoms with E-state index in [1.165, 1.54) is 10.7 Å². The van der Waals surface area contributed by atoms with Crippen molar-refractivity contribution in [3.8, 4) is 0 Å². The van der Waals surface area contributed by atoms with Gasteiger partial charge in [-0.05, 0) is 26.3 Å². The summed E-state index contributed by atoms with van der Waals surface area (Å²) in [6, 6.07) is 0. The van der Waals surface area contributed by atoms with Crippen LogP contribution in [0.3, 0.4) is 0 Å². The van der Waals surface area contributed by atoms with Gasteiger partial charge in [0, 0.05) is 22.7 Å². The molecule has 1 N–H and O–H groups in total. The molecule has 1 heterocycles. The first-order valence-corrected chi connectivity index (χ1v) is 7.51. The third-order valence-electron chi connectivity index (χ3n) is 2.55. The molecule has 0 saturated carbocycles. The van der Waals surface area contributed by atoms with Crippen LogP contribution in [0.5, 0.6) is 0 Å². The van der Waals surface area contributed by atoms with Crippen molar-refractivity contribution in [1.82, 2.24) is 10.3 Å². The van der Waals surface area contributed by atoms with E-state index in [1.807, 2.05) is 6.92 Å². The fourth-order valence-corrected chi connectivity index (χ4v) is 2.58. The molecule has 0 radical (unpaired) electrons. The number of rotatable bonds is 6. The van der Waals surface area contributed by atoms with E-state index in [-0.39, 0.29) is 10.8 Å². The lowest BCUT2D eigenvalue weighted by Crippen LogP contribution is -2.16. The van der Waals surface area contributed by atoms with Gasteiger partial charge in [-0.2, -0.15) is 0 Å². The van der Waals surface area contributed by atoms with Crippen molar-refractivity contribution in [3.63, 3.8) is 0 Å². The van der Waals surface area contributed by atoms with Crippen molar-refractivity contribution in [1.29, 1.82) is 0 Å². The monoisotopic (exact) mass is 274 g/mol. The van der Waals surface area contributed by atoms with Gasteiger partial charge < -0.3 is 5.32 Å². The summed E-state index contributed by atoms with van der Waals surface area (Å²) in [5.74, 6) is 0. The summed E-state index contributed by atoms with van der Waals surface area (Å²) in [5, 5.41) is 7.03. The molecule has 0 aliphatic rings. The molecular weight excluding hydrogens is 252 g/mol. The zero-order valence-electron chi connectivity index (χ0n) is 11.2. The lowest BCUT2D eigenvalue weighted by Gasteiger charge is -2.14. The van der Waals surface area contributed by atoms with Crippen LogP contribution in [0.1, 0.15) is 51.2 Å². The van der Waals surface area contributed by atoms with Crippen molar-refractivity contribution in [2.75, 3.05) is 6.54 Å². The lowest BCUT2D eigenvalue weighted by molar-refractivity contribution is 0.566. The maximum absolute atomic E-state index is 5.89. The molecule has 2 nitrogen and oxygen atoms in total. The molecular formula is C13H23ClN2S. The van der Waals surface area contributed by atoms with Crippen molar-refractivity contribution < 1.29 is 0 Å². The number of halogens is 1. The van der Waals surface area contributed by atoms with E-state index in [0.717, 1.165) is 25.9 Å². The van der Waals surface area contributed by atoms with E-state index in [0.29, 0.717) is 0 Å². The summed E-state index contributed by atoms with van der Waals surface area (Å²) in [6.45, 7) is 10.5. The molecule has 0 bridgehead atoms. The molecule has 0 aliphatic heterocycles. The molecule has 0 amide bonds. The highest BCUT2D eigenvalue weighted by atomic mass is 35.5. The standard InChI is InChI=1S/C13H23ClN2S/c1-10(14)6-5-7-15-8-12-16-11(9-17-12)13(2,3)4/h9-10,15H,5-8H2,1-4H3. The predicted molar refractivity (Wildman–Crippen MR) is 77.1 cm³/mol. The van der Waals surface area contributed by atoms with Crippen LogP contribution in [0.2, 0.25) is 0 Å². The van der Waals surface area contributed by atoms with Gasteiger partial charge in [0.15, 0.2) is 0 Å². The Morgan fingerprint density at radius 2 is 2.18 bits per heavy atom. The zero-order valence-corrected chi connectivity index (χ0v) is 12.8. The number of alkyl halides is 1. The van der Waals surface area contributed by atoms with E-state index in [2.05, 4.69) is 36.5 Å². The topological polar surface area (TPSA) is 24.9 Å². The van der Waals surface area contributed by atoms with Gasteiger partial charge in [-0.3, -0.25) is 0 Å². The average molecular weight is 275 g/mol. The zero-order chi connectivity index (χ0) is 12.9. The van der Waals surface area contributed by atoms with Crippen LogP contribution < -0.4 is 5.32 Å². The van der Waals surface area contributed by atoms with Crippen molar-refractivity contribution >= 4 is 22.9 Å². The van der Waals surface area contributed by atoms with Crippen LogP contribution in [-0.2, 0) is 12.0 Å². The van der Waals surface area contributed by atoms with E-state index >= 15 is 0 Å². The number of thiazole rings is 1. The molecule has 1 aromatic heterocycles. The minimum atomic E-state index is 0.156. The minimum absolute atomic E-state index is 0.156. The first-order chi connectivity index (χ1) is 7.89. The fraction of sp³-hybridized carbons (Fsp3) is 0.769. The number of aromatic nitrogens is 1. The summed E-state index contributed by atoms with van der Waals surface area (Å²) in [4.78, 5) is 4.64. The second kappa shape index (κ2) is 6.72. The van der Waals surface area contributed by atoms with E-state index in [1.54, 1.807) is 11.3 Å². The molecule has 17 heavy (non-hydrogen) atoms. The third kappa shape index (κ3) is 5.84. The van der Waals surface area contributed by atoms with Crippen LogP contribution >= 0.6 is 22.9 Å². The lowest BCUT2D eigenvalue weighted by atomic mass is 9.93. The predicted octanol–water partition coefficient (Wildman–Crippen LogP) is 3.94. The van der Waals surface area contributed by atoms with Crippen LogP contribution in [0.25, 0.3) is 0 Å². The Bertz CT molecular complexity index is 328. The summed E-state index contributed by atoms with van der Waals surface area (Å²) in [7, 11) is 0. The molecule has 1 atom stereocenters. The largest absolute Gasteiger partial charge is 0.310 e. The van der Waals surface area contributed by atoms with Gasteiger partial charge >= 0.3 is 0 Å². The van der Waals surface area contributed by atoms with Crippen LogP contribution in [-0.4, -0.2) is 16.9 Å². The summed E-state index contributed by atoms with van der Waals surface area (Å²) in [5.41, 5.74) is 1.34. The van der Waals surface area contributed by atoms with Gasteiger partial charge in [0.25, 0.3) is 0 Å². The molecule has 1 aromatic rings. The molecule has 0 fully saturated rings. The molecule has 0 spiro atoms. The minimum Gasteiger partial charge on any atom is -0.310 e. The van der Waals surface area contributed by atoms with Crippen LogP contribution in [0, 0.1) is 0 Å². The number of nitrogens with zero attached hydrogens (tertiary/aromatic N) is 1. The Balaban J connectivity index is 2.26. The molecule has 0 aromatic carbocycles. The number of hydrogen-bond donors (Lipinski definition) is 1. The number of hydrogen-bond acceptors (Lipinski definition) is 3. The molecule has 98 valence electrons. The van der Waals surface area contributed by atoms with Gasteiger partial charge in [0.2, 0.25) is 0 Å². The molecule has 0 aliphatic carbocycles. The SMILES string of the molecule is CC(Cl)CCCNCc1nc(C(C)(C)C)cs1. The van der Waals surface area contributed by atoms with Crippen LogP contribution in [0.15, 0.2) is 5.38 Å². The Hall–Kier alpha value is -0.120. The second-order valence-electron chi connectivity index (χ2n) is 5.48. The number of nitrogens with one attached hydrogen (secondary N) is 1. The summed E-state index contributed by atoms with van der Waals surface area (Å²) >= 11 is 7.63. The second-order valence-corrected chi connectivity index (χ2v) is 7.16. The highest BCUT2D eigenvalue weighted by Gasteiger charge is 2.16. The Morgan fingerprint density at radius 1 is 1.47 bits per heavy atom. The highest BCUT2D eigenvalue weighted by Crippen LogP contribution is 2.23. The highest BCUT2D eigenvalue weighted by molar-refractivity contribution is 7.09. The first kappa shape index (κ1) is 14.9. The van der Waals surface area contributed by atoms with E-state index < -0.39 is 0 Å². The summed E-state index contributed by atoms with van der Waals surface area (Å²) in [6.07, 6.45) is 2.20. The third-order valence-corrected chi connectivity index (χ3v) is 3.62. The van der Waals surface area contributed by atoms with Crippen molar-refractivity contribution in [2.24, 2.45) is 0 Å². The van der Waals surface area contributed by atoms with Gasteiger partial charge in [0.1, 0.15) is 5.01 Å². The van der Waals surface area contributed by atoms with Crippen molar-refractivity contribution in [3.05, 3.63) is 16.1 Å². The van der Waals surface area contributed by atoms with Gasteiger partial charge in [0.05, 0.1) is 5.69 Å². The molecule has 1 unspecified atom stereocenters. The molecule has 0 saturated heterocycles. The van der Waals surface area contributed by atoms with Gasteiger partial charge in [-0.15, -0.1) is 22.9 Å². The Kier molecular flexibility index (Phi) is 5.90. The smallest absolute Gasteiger partial charge is 0.107 e. The summed E-state index contributed by atoms with van der Waals surface area (Å²) < 4.78 is 0. The maximum atomic E-state index is 5.89. The van der Waals surface area contributed by atoms with E-state index in [4.69, 9.17) is 11.6 Å². The fourth-order valence-electron chi connectivity index (χ4n) is 1.44. The first-order valence-electron chi connectivity index (χ1n) is 6.19. The van der Waals surface area contributed by atoms with Crippen molar-refractivity contribution in [2.45, 2.75) is 57.9 Å². The average Bonchev–Trinajstić information content (AvgIpc) is 2.64. The Labute approximate surface area is 114 Å². The van der Waals surface area contributed by atoms with Gasteiger partial charge in [-0.25, -0.2) is 4.98 Å².